The van der Waals surface area contributed by atoms with Crippen molar-refractivity contribution in [2.45, 2.75) is 18.4 Å². The standard InChI is InChI=1S/C14H16N2O5S/c1-10-12(17)15-14(18)16(13(10)22(2,19)20)21-9-8-11-6-4-3-5-7-11/h3-7H,8-9H2,1-2H3,(H,15,17,18). The van der Waals surface area contributed by atoms with E-state index in [1.54, 1.807) is 0 Å². The number of hydrogen-bond donors (Lipinski definition) is 1. The van der Waals surface area contributed by atoms with Gasteiger partial charge in [0.05, 0.1) is 5.56 Å². The molecule has 0 saturated carbocycles. The highest BCUT2D eigenvalue weighted by molar-refractivity contribution is 7.90. The summed E-state index contributed by atoms with van der Waals surface area (Å²) >= 11 is 0. The quantitative estimate of drug-likeness (QED) is 0.776. The number of nitrogens with one attached hydrogen (secondary N) is 1. The molecule has 1 aromatic heterocycles. The monoisotopic (exact) mass is 324 g/mol. The van der Waals surface area contributed by atoms with Crippen LogP contribution < -0.4 is 16.1 Å². The Morgan fingerprint density at radius 2 is 1.82 bits per heavy atom. The van der Waals surface area contributed by atoms with Gasteiger partial charge in [-0.3, -0.25) is 9.78 Å². The summed E-state index contributed by atoms with van der Waals surface area (Å²) in [6.45, 7) is 1.42. The number of hydrogen-bond acceptors (Lipinski definition) is 5. The summed E-state index contributed by atoms with van der Waals surface area (Å²) in [6.07, 6.45) is 1.42. The normalized spacial score (nSPS) is 11.4. The van der Waals surface area contributed by atoms with Crippen molar-refractivity contribution in [2.75, 3.05) is 12.9 Å². The Labute approximate surface area is 127 Å². The predicted molar refractivity (Wildman–Crippen MR) is 80.8 cm³/mol. The Bertz CT molecular complexity index is 882. The van der Waals surface area contributed by atoms with Crippen molar-refractivity contribution in [3.63, 3.8) is 0 Å². The van der Waals surface area contributed by atoms with Crippen LogP contribution in [-0.4, -0.2) is 31.0 Å². The molecule has 22 heavy (non-hydrogen) atoms. The molecule has 0 unspecified atom stereocenters. The van der Waals surface area contributed by atoms with Crippen LogP contribution in [0.1, 0.15) is 11.1 Å². The van der Waals surface area contributed by atoms with Crippen LogP contribution in [0.2, 0.25) is 0 Å². The summed E-state index contributed by atoms with van der Waals surface area (Å²) < 4.78 is 24.3. The summed E-state index contributed by atoms with van der Waals surface area (Å²) in [5, 5.41) is -0.422. The van der Waals surface area contributed by atoms with Gasteiger partial charge >= 0.3 is 5.69 Å². The Morgan fingerprint density at radius 3 is 2.41 bits per heavy atom. The molecule has 0 aliphatic carbocycles. The number of sulfone groups is 1. The van der Waals surface area contributed by atoms with E-state index >= 15 is 0 Å². The average molecular weight is 324 g/mol. The summed E-state index contributed by atoms with van der Waals surface area (Å²) in [4.78, 5) is 30.7. The number of nitrogens with zero attached hydrogens (tertiary/aromatic N) is 1. The molecule has 0 bridgehead atoms. The molecule has 0 radical (unpaired) electrons. The first kappa shape index (κ1) is 16.0. The molecule has 0 atom stereocenters. The first-order valence-corrected chi connectivity index (χ1v) is 8.43. The molecular weight excluding hydrogens is 308 g/mol. The van der Waals surface area contributed by atoms with E-state index in [0.29, 0.717) is 11.2 Å². The van der Waals surface area contributed by atoms with Crippen LogP contribution in [0, 0.1) is 6.92 Å². The fourth-order valence-electron chi connectivity index (χ4n) is 2.03. The highest BCUT2D eigenvalue weighted by atomic mass is 32.2. The molecule has 0 amide bonds. The molecular formula is C14H16N2O5S. The molecule has 0 spiro atoms. The third-order valence-electron chi connectivity index (χ3n) is 3.06. The lowest BCUT2D eigenvalue weighted by molar-refractivity contribution is 0.0798. The molecule has 0 aliphatic rings. The Hall–Kier alpha value is -2.35. The number of benzene rings is 1. The maximum Gasteiger partial charge on any atom is 0.362 e. The van der Waals surface area contributed by atoms with E-state index in [4.69, 9.17) is 4.84 Å². The van der Waals surface area contributed by atoms with Crippen molar-refractivity contribution in [2.24, 2.45) is 0 Å². The van der Waals surface area contributed by atoms with E-state index in [9.17, 15) is 18.0 Å². The van der Waals surface area contributed by atoms with Crippen LogP contribution >= 0.6 is 0 Å². The molecule has 1 aromatic carbocycles. The fourth-order valence-corrected chi connectivity index (χ4v) is 3.11. The number of aromatic nitrogens is 2. The number of rotatable bonds is 5. The molecule has 2 aromatic rings. The predicted octanol–water partition coefficient (Wildman–Crippen LogP) is -0.0802. The molecule has 1 N–H and O–H groups in total. The first-order valence-electron chi connectivity index (χ1n) is 6.54. The molecule has 0 fully saturated rings. The van der Waals surface area contributed by atoms with Crippen molar-refractivity contribution >= 4 is 9.84 Å². The third kappa shape index (κ3) is 3.45. The van der Waals surface area contributed by atoms with Gasteiger partial charge in [0.15, 0.2) is 14.9 Å². The molecule has 2 rings (SSSR count). The third-order valence-corrected chi connectivity index (χ3v) is 4.23. The van der Waals surface area contributed by atoms with Crippen molar-refractivity contribution in [1.82, 2.24) is 9.71 Å². The summed E-state index contributed by atoms with van der Waals surface area (Å²) in [5.41, 5.74) is -0.753. The van der Waals surface area contributed by atoms with E-state index in [1.807, 2.05) is 35.3 Å². The van der Waals surface area contributed by atoms with Crippen molar-refractivity contribution in [3.8, 4) is 0 Å². The van der Waals surface area contributed by atoms with Crippen LogP contribution in [0.15, 0.2) is 44.9 Å². The lowest BCUT2D eigenvalue weighted by Gasteiger charge is -2.13. The van der Waals surface area contributed by atoms with E-state index in [2.05, 4.69) is 0 Å². The molecule has 118 valence electrons. The number of H-pyrrole nitrogens is 1. The maximum atomic E-state index is 11.8. The van der Waals surface area contributed by atoms with Crippen LogP contribution in [0.5, 0.6) is 0 Å². The molecule has 8 heteroatoms. The largest absolute Gasteiger partial charge is 0.408 e. The second-order valence-corrected chi connectivity index (χ2v) is 6.76. The second kappa shape index (κ2) is 6.18. The minimum atomic E-state index is -3.79. The zero-order valence-corrected chi connectivity index (χ0v) is 13.0. The second-order valence-electron chi connectivity index (χ2n) is 4.82. The lowest BCUT2D eigenvalue weighted by atomic mass is 10.2. The smallest absolute Gasteiger partial charge is 0.362 e. The summed E-state index contributed by atoms with van der Waals surface area (Å²) in [7, 11) is -3.79. The number of aromatic amines is 1. The highest BCUT2D eigenvalue weighted by Crippen LogP contribution is 2.08. The Morgan fingerprint density at radius 1 is 1.18 bits per heavy atom. The van der Waals surface area contributed by atoms with Crippen LogP contribution in [0.3, 0.4) is 0 Å². The van der Waals surface area contributed by atoms with Crippen molar-refractivity contribution in [1.29, 1.82) is 0 Å². The van der Waals surface area contributed by atoms with Crippen LogP contribution in [0.25, 0.3) is 0 Å². The topological polar surface area (TPSA) is 98.2 Å². The molecule has 0 saturated heterocycles. The van der Waals surface area contributed by atoms with Crippen molar-refractivity contribution < 1.29 is 13.3 Å². The van der Waals surface area contributed by atoms with Gasteiger partial charge in [0.25, 0.3) is 5.56 Å². The minimum absolute atomic E-state index is 0.0817. The summed E-state index contributed by atoms with van der Waals surface area (Å²) in [5.74, 6) is 0. The zero-order chi connectivity index (χ0) is 16.3. The van der Waals surface area contributed by atoms with Gasteiger partial charge in [0.2, 0.25) is 0 Å². The van der Waals surface area contributed by atoms with Gasteiger partial charge in [-0.25, -0.2) is 13.2 Å². The molecule has 1 heterocycles. The van der Waals surface area contributed by atoms with E-state index < -0.39 is 26.1 Å². The highest BCUT2D eigenvalue weighted by Gasteiger charge is 2.21. The average Bonchev–Trinajstić information content (AvgIpc) is 2.44. The SMILES string of the molecule is Cc1c(S(C)(=O)=O)n(OCCc2ccccc2)c(=O)[nH]c1=O. The molecule has 7 nitrogen and oxygen atoms in total. The van der Waals surface area contributed by atoms with Gasteiger partial charge in [0, 0.05) is 12.7 Å². The van der Waals surface area contributed by atoms with Gasteiger partial charge in [-0.15, -0.1) is 4.73 Å². The Kier molecular flexibility index (Phi) is 4.51. The lowest BCUT2D eigenvalue weighted by Crippen LogP contribution is -2.39. The van der Waals surface area contributed by atoms with Gasteiger partial charge in [-0.05, 0) is 12.5 Å². The van der Waals surface area contributed by atoms with Crippen molar-refractivity contribution in [3.05, 3.63) is 62.3 Å². The van der Waals surface area contributed by atoms with Gasteiger partial charge in [0.1, 0.15) is 6.61 Å². The van der Waals surface area contributed by atoms with E-state index in [1.165, 1.54) is 6.92 Å². The van der Waals surface area contributed by atoms with E-state index in [0.717, 1.165) is 11.8 Å². The zero-order valence-electron chi connectivity index (χ0n) is 12.2. The van der Waals surface area contributed by atoms with Crippen LogP contribution in [0.4, 0.5) is 0 Å². The first-order chi connectivity index (χ1) is 10.3. The fraction of sp³-hybridized carbons (Fsp3) is 0.286. The van der Waals surface area contributed by atoms with Gasteiger partial charge in [-0.1, -0.05) is 30.3 Å². The van der Waals surface area contributed by atoms with Gasteiger partial charge < -0.3 is 4.84 Å². The Balaban J connectivity index is 2.33. The molecule has 0 aliphatic heterocycles. The van der Waals surface area contributed by atoms with E-state index in [-0.39, 0.29) is 12.2 Å². The minimum Gasteiger partial charge on any atom is -0.408 e. The summed E-state index contributed by atoms with van der Waals surface area (Å²) in [6, 6.07) is 9.40. The van der Waals surface area contributed by atoms with Crippen LogP contribution in [-0.2, 0) is 16.3 Å². The maximum absolute atomic E-state index is 11.8. The van der Waals surface area contributed by atoms with Gasteiger partial charge in [-0.2, -0.15) is 0 Å².